The number of nitrogens with one attached hydrogen (secondary N) is 1. The molecule has 0 spiro atoms. The molecule has 0 radical (unpaired) electrons. The van der Waals surface area contributed by atoms with E-state index >= 15 is 0 Å². The second-order valence-electron chi connectivity index (χ2n) is 6.38. The van der Waals surface area contributed by atoms with Gasteiger partial charge < -0.3 is 9.84 Å². The predicted molar refractivity (Wildman–Crippen MR) is 84.2 cm³/mol. The first-order chi connectivity index (χ1) is 10.0. The number of hydrogen-bond acceptors (Lipinski definition) is 4. The number of aromatic nitrogens is 2. The first-order valence-corrected chi connectivity index (χ1v) is 7.62. The van der Waals surface area contributed by atoms with Crippen molar-refractivity contribution in [1.29, 1.82) is 0 Å². The lowest BCUT2D eigenvalue weighted by Crippen LogP contribution is -2.24. The smallest absolute Gasteiger partial charge is 0.228 e. The van der Waals surface area contributed by atoms with E-state index in [0.717, 1.165) is 18.8 Å². The quantitative estimate of drug-likeness (QED) is 0.881. The Labute approximate surface area is 127 Å². The Morgan fingerprint density at radius 2 is 1.90 bits per heavy atom. The molecule has 2 rings (SSSR count). The van der Waals surface area contributed by atoms with Gasteiger partial charge in [0.25, 0.3) is 0 Å². The first kappa shape index (κ1) is 15.7. The molecule has 0 fully saturated rings. The van der Waals surface area contributed by atoms with E-state index in [0.29, 0.717) is 12.3 Å². The number of rotatable bonds is 6. The summed E-state index contributed by atoms with van der Waals surface area (Å²) in [7, 11) is 0. The molecule has 4 heteroatoms. The van der Waals surface area contributed by atoms with Crippen molar-refractivity contribution < 1.29 is 4.52 Å². The molecule has 1 N–H and O–H groups in total. The van der Waals surface area contributed by atoms with Crippen molar-refractivity contribution in [1.82, 2.24) is 15.5 Å². The maximum Gasteiger partial charge on any atom is 0.228 e. The van der Waals surface area contributed by atoms with Crippen molar-refractivity contribution in [2.24, 2.45) is 0 Å². The van der Waals surface area contributed by atoms with Gasteiger partial charge in [0.05, 0.1) is 0 Å². The van der Waals surface area contributed by atoms with Gasteiger partial charge in [-0.1, -0.05) is 63.2 Å². The van der Waals surface area contributed by atoms with E-state index in [9.17, 15) is 0 Å². The lowest BCUT2D eigenvalue weighted by atomic mass is 9.96. The van der Waals surface area contributed by atoms with E-state index in [2.05, 4.69) is 67.4 Å². The Balaban J connectivity index is 2.13. The molecule has 0 saturated carbocycles. The summed E-state index contributed by atoms with van der Waals surface area (Å²) in [6, 6.07) is 10.6. The van der Waals surface area contributed by atoms with Crippen molar-refractivity contribution in [2.75, 3.05) is 6.54 Å². The third-order valence-corrected chi connectivity index (χ3v) is 3.36. The molecule has 4 nitrogen and oxygen atoms in total. The van der Waals surface area contributed by atoms with Crippen LogP contribution >= 0.6 is 0 Å². The van der Waals surface area contributed by atoms with Crippen LogP contribution in [0.3, 0.4) is 0 Å². The van der Waals surface area contributed by atoms with E-state index in [1.165, 1.54) is 5.56 Å². The predicted octanol–water partition coefficient (Wildman–Crippen LogP) is 3.65. The van der Waals surface area contributed by atoms with E-state index in [4.69, 9.17) is 4.52 Å². The highest BCUT2D eigenvalue weighted by atomic mass is 16.5. The summed E-state index contributed by atoms with van der Waals surface area (Å²) in [5.74, 6) is 1.46. The van der Waals surface area contributed by atoms with Crippen LogP contribution in [0.4, 0.5) is 0 Å². The van der Waals surface area contributed by atoms with Crippen LogP contribution in [-0.2, 0) is 11.8 Å². The summed E-state index contributed by atoms with van der Waals surface area (Å²) < 4.78 is 5.42. The number of nitrogens with zero attached hydrogens (tertiary/aromatic N) is 2. The van der Waals surface area contributed by atoms with Crippen molar-refractivity contribution in [3.05, 3.63) is 47.6 Å². The molecule has 1 heterocycles. The third kappa shape index (κ3) is 4.39. The summed E-state index contributed by atoms with van der Waals surface area (Å²) in [4.78, 5) is 4.54. The second-order valence-corrected chi connectivity index (χ2v) is 6.38. The normalized spacial score (nSPS) is 13.3. The maximum absolute atomic E-state index is 5.42. The zero-order valence-electron chi connectivity index (χ0n) is 13.4. The van der Waals surface area contributed by atoms with Gasteiger partial charge in [-0.3, -0.25) is 0 Å². The SMILES string of the molecule is CCCNC(Cc1nc(C(C)(C)C)no1)c1ccccc1. The molecule has 0 amide bonds. The molecule has 0 bridgehead atoms. The average molecular weight is 287 g/mol. The molecule has 1 aromatic heterocycles. The average Bonchev–Trinajstić information content (AvgIpc) is 2.93. The van der Waals surface area contributed by atoms with Crippen LogP contribution in [0, 0.1) is 0 Å². The summed E-state index contributed by atoms with van der Waals surface area (Å²) in [5.41, 5.74) is 1.17. The van der Waals surface area contributed by atoms with Crippen LogP contribution in [0.2, 0.25) is 0 Å². The summed E-state index contributed by atoms with van der Waals surface area (Å²) in [6.45, 7) is 9.40. The fourth-order valence-corrected chi connectivity index (χ4v) is 2.13. The number of hydrogen-bond donors (Lipinski definition) is 1. The van der Waals surface area contributed by atoms with E-state index in [-0.39, 0.29) is 11.5 Å². The molecule has 0 aliphatic heterocycles. The molecular formula is C17H25N3O. The molecule has 114 valence electrons. The van der Waals surface area contributed by atoms with Crippen LogP contribution in [0.5, 0.6) is 0 Å². The van der Waals surface area contributed by atoms with Gasteiger partial charge in [-0.25, -0.2) is 0 Å². The van der Waals surface area contributed by atoms with Crippen molar-refractivity contribution >= 4 is 0 Å². The minimum atomic E-state index is -0.0825. The highest BCUT2D eigenvalue weighted by Gasteiger charge is 2.22. The van der Waals surface area contributed by atoms with Crippen LogP contribution in [0.1, 0.15) is 57.4 Å². The van der Waals surface area contributed by atoms with Gasteiger partial charge in [-0.15, -0.1) is 0 Å². The molecule has 1 unspecified atom stereocenters. The molecule has 1 atom stereocenters. The molecular weight excluding hydrogens is 262 g/mol. The first-order valence-electron chi connectivity index (χ1n) is 7.62. The highest BCUT2D eigenvalue weighted by Crippen LogP contribution is 2.21. The Kier molecular flexibility index (Phi) is 5.12. The van der Waals surface area contributed by atoms with Crippen LogP contribution in [0.15, 0.2) is 34.9 Å². The van der Waals surface area contributed by atoms with Crippen molar-refractivity contribution in [3.8, 4) is 0 Å². The third-order valence-electron chi connectivity index (χ3n) is 3.36. The van der Waals surface area contributed by atoms with Gasteiger partial charge in [-0.05, 0) is 18.5 Å². The zero-order chi connectivity index (χ0) is 15.3. The Bertz CT molecular complexity index is 543. The Morgan fingerprint density at radius 3 is 2.48 bits per heavy atom. The monoisotopic (exact) mass is 287 g/mol. The minimum Gasteiger partial charge on any atom is -0.339 e. The standard InChI is InChI=1S/C17H25N3O/c1-5-11-18-14(13-9-7-6-8-10-13)12-15-19-16(20-21-15)17(2,3)4/h6-10,14,18H,5,11-12H2,1-4H3. The molecule has 0 saturated heterocycles. The van der Waals surface area contributed by atoms with E-state index in [1.54, 1.807) is 0 Å². The summed E-state index contributed by atoms with van der Waals surface area (Å²) in [6.07, 6.45) is 1.81. The Hall–Kier alpha value is -1.68. The molecule has 0 aliphatic rings. The minimum absolute atomic E-state index is 0.0825. The summed E-state index contributed by atoms with van der Waals surface area (Å²) >= 11 is 0. The topological polar surface area (TPSA) is 51.0 Å². The van der Waals surface area contributed by atoms with Gasteiger partial charge >= 0.3 is 0 Å². The van der Waals surface area contributed by atoms with Gasteiger partial charge in [0.1, 0.15) is 0 Å². The van der Waals surface area contributed by atoms with Crippen LogP contribution < -0.4 is 5.32 Å². The van der Waals surface area contributed by atoms with Crippen LogP contribution in [-0.4, -0.2) is 16.7 Å². The van der Waals surface area contributed by atoms with Gasteiger partial charge in [0, 0.05) is 17.9 Å². The second kappa shape index (κ2) is 6.85. The lowest BCUT2D eigenvalue weighted by molar-refractivity contribution is 0.347. The van der Waals surface area contributed by atoms with Gasteiger partial charge in [0.15, 0.2) is 5.82 Å². The summed E-state index contributed by atoms with van der Waals surface area (Å²) in [5, 5.41) is 7.65. The van der Waals surface area contributed by atoms with E-state index in [1.807, 2.05) is 6.07 Å². The van der Waals surface area contributed by atoms with Gasteiger partial charge in [-0.2, -0.15) is 4.98 Å². The highest BCUT2D eigenvalue weighted by molar-refractivity contribution is 5.20. The van der Waals surface area contributed by atoms with Crippen molar-refractivity contribution in [2.45, 2.75) is 52.0 Å². The lowest BCUT2D eigenvalue weighted by Gasteiger charge is -2.17. The molecule has 2 aromatic rings. The molecule has 0 aliphatic carbocycles. The van der Waals surface area contributed by atoms with E-state index < -0.39 is 0 Å². The fraction of sp³-hybridized carbons (Fsp3) is 0.529. The zero-order valence-corrected chi connectivity index (χ0v) is 13.4. The van der Waals surface area contributed by atoms with Crippen molar-refractivity contribution in [3.63, 3.8) is 0 Å². The van der Waals surface area contributed by atoms with Crippen LogP contribution in [0.25, 0.3) is 0 Å². The molecule has 21 heavy (non-hydrogen) atoms. The largest absolute Gasteiger partial charge is 0.339 e. The maximum atomic E-state index is 5.42. The Morgan fingerprint density at radius 1 is 1.19 bits per heavy atom. The van der Waals surface area contributed by atoms with Gasteiger partial charge in [0.2, 0.25) is 5.89 Å². The fourth-order valence-electron chi connectivity index (χ4n) is 2.13. The number of benzene rings is 1. The molecule has 1 aromatic carbocycles.